The van der Waals surface area contributed by atoms with E-state index in [0.717, 1.165) is 28.1 Å². The summed E-state index contributed by atoms with van der Waals surface area (Å²) in [6.07, 6.45) is 2.73. The second-order valence-corrected chi connectivity index (χ2v) is 7.91. The van der Waals surface area contributed by atoms with Crippen LogP contribution in [0.2, 0.25) is 0 Å². The number of aromatic nitrogens is 3. The van der Waals surface area contributed by atoms with Gasteiger partial charge >= 0.3 is 5.97 Å². The quantitative estimate of drug-likeness (QED) is 0.410. The number of aromatic carboxylic acids is 1. The third kappa shape index (κ3) is 4.19. The number of aromatic amines is 1. The zero-order valence-electron chi connectivity index (χ0n) is 17.7. The Kier molecular flexibility index (Phi) is 5.32. The Hall–Kier alpha value is -4.45. The zero-order chi connectivity index (χ0) is 22.8. The normalized spacial score (nSPS) is 11.0. The monoisotopic (exact) mass is 435 g/mol. The summed E-state index contributed by atoms with van der Waals surface area (Å²) in [5.41, 5.74) is 5.07. The predicted octanol–water partition coefficient (Wildman–Crippen LogP) is 4.55. The molecule has 0 saturated carbocycles. The van der Waals surface area contributed by atoms with Gasteiger partial charge < -0.3 is 10.1 Å². The van der Waals surface area contributed by atoms with Crippen molar-refractivity contribution in [1.82, 2.24) is 14.5 Å². The maximum Gasteiger partial charge on any atom is 0.335 e. The van der Waals surface area contributed by atoms with E-state index < -0.39 is 5.97 Å². The average molecular weight is 435 g/mol. The summed E-state index contributed by atoms with van der Waals surface area (Å²) in [6.45, 7) is 0. The molecule has 33 heavy (non-hydrogen) atoms. The van der Waals surface area contributed by atoms with Gasteiger partial charge in [0.1, 0.15) is 5.69 Å². The van der Waals surface area contributed by atoms with Crippen molar-refractivity contribution in [2.24, 2.45) is 0 Å². The number of nitrogens with zero attached hydrogens (tertiary/aromatic N) is 2. The van der Waals surface area contributed by atoms with Crippen molar-refractivity contribution < 1.29 is 9.90 Å². The number of nitrogens with one attached hydrogen (secondary N) is 1. The highest BCUT2D eigenvalue weighted by Crippen LogP contribution is 2.23. The molecule has 0 aromatic heterocycles. The van der Waals surface area contributed by atoms with Crippen LogP contribution >= 0.6 is 0 Å². The number of hydrogen-bond donors (Lipinski definition) is 2. The fourth-order valence-corrected chi connectivity index (χ4v) is 3.94. The fourth-order valence-electron chi connectivity index (χ4n) is 3.94. The van der Waals surface area contributed by atoms with Crippen LogP contribution in [0, 0.1) is 0 Å². The summed E-state index contributed by atoms with van der Waals surface area (Å²) in [5.74, 6) is -0.381. The van der Waals surface area contributed by atoms with E-state index in [2.05, 4.69) is 4.98 Å². The molecule has 2 heterocycles. The molecule has 0 bridgehead atoms. The molecule has 0 saturated heterocycles. The van der Waals surface area contributed by atoms with Gasteiger partial charge in [-0.25, -0.2) is 9.78 Å². The average Bonchev–Trinajstić information content (AvgIpc) is 3.16. The molecule has 5 rings (SSSR count). The maximum atomic E-state index is 13.3. The number of benzene rings is 3. The Balaban J connectivity index is 1.60. The van der Waals surface area contributed by atoms with Crippen LogP contribution in [0.25, 0.3) is 17.1 Å². The summed E-state index contributed by atoms with van der Waals surface area (Å²) in [7, 11) is 0. The van der Waals surface area contributed by atoms with E-state index in [4.69, 9.17) is 10.1 Å². The molecule has 6 heteroatoms. The van der Waals surface area contributed by atoms with Crippen LogP contribution in [0.5, 0.6) is 0 Å². The molecule has 0 unspecified atom stereocenters. The van der Waals surface area contributed by atoms with Crippen LogP contribution in [-0.2, 0) is 12.8 Å². The lowest BCUT2D eigenvalue weighted by Crippen LogP contribution is -2.17. The lowest BCUT2D eigenvalue weighted by Gasteiger charge is -2.13. The van der Waals surface area contributed by atoms with Crippen molar-refractivity contribution in [3.63, 3.8) is 0 Å². The number of imidazole rings is 1. The first-order valence-corrected chi connectivity index (χ1v) is 10.6. The lowest BCUT2D eigenvalue weighted by molar-refractivity contribution is 0.0697. The fraction of sp³-hybridized carbons (Fsp3) is 0.0741. The molecule has 162 valence electrons. The van der Waals surface area contributed by atoms with Gasteiger partial charge in [-0.3, -0.25) is 9.36 Å². The molecule has 6 nitrogen and oxygen atoms in total. The van der Waals surface area contributed by atoms with Gasteiger partial charge in [-0.05, 0) is 28.8 Å². The van der Waals surface area contributed by atoms with Gasteiger partial charge in [-0.1, -0.05) is 72.8 Å². The van der Waals surface area contributed by atoms with Gasteiger partial charge in [0.2, 0.25) is 0 Å². The van der Waals surface area contributed by atoms with Crippen LogP contribution in [0.4, 0.5) is 0 Å². The number of carboxylic acid groups (broad SMARTS) is 1. The molecule has 0 spiro atoms. The van der Waals surface area contributed by atoms with Crippen molar-refractivity contribution in [3.05, 3.63) is 130 Å². The smallest absolute Gasteiger partial charge is 0.335 e. The highest BCUT2D eigenvalue weighted by atomic mass is 16.4. The van der Waals surface area contributed by atoms with Crippen molar-refractivity contribution in [3.8, 4) is 17.1 Å². The minimum Gasteiger partial charge on any atom is -0.478 e. The molecule has 2 aliphatic rings. The Morgan fingerprint density at radius 2 is 1.48 bits per heavy atom. The summed E-state index contributed by atoms with van der Waals surface area (Å²) in [6, 6.07) is 26.4. The van der Waals surface area contributed by atoms with Gasteiger partial charge in [0.25, 0.3) is 5.56 Å². The minimum absolute atomic E-state index is 0.173. The van der Waals surface area contributed by atoms with E-state index in [0.29, 0.717) is 24.4 Å². The van der Waals surface area contributed by atoms with E-state index in [-0.39, 0.29) is 11.1 Å². The molecule has 0 fully saturated rings. The number of rotatable bonds is 6. The molecule has 2 aliphatic heterocycles. The SMILES string of the molecule is O=C(O)c1ccc(Cc2nc3c(Cc4ccccc4)[nH]c(-c4ccccc4)cn-3c2=O)cc1. The molecule has 0 radical (unpaired) electrons. The molecule has 0 atom stereocenters. The minimum atomic E-state index is -0.978. The first-order chi connectivity index (χ1) is 16.1. The van der Waals surface area contributed by atoms with E-state index in [1.807, 2.05) is 60.7 Å². The summed E-state index contributed by atoms with van der Waals surface area (Å²) in [5, 5.41) is 9.11. The second-order valence-electron chi connectivity index (χ2n) is 7.91. The molecule has 0 amide bonds. The lowest BCUT2D eigenvalue weighted by atomic mass is 10.1. The predicted molar refractivity (Wildman–Crippen MR) is 126 cm³/mol. The Morgan fingerprint density at radius 3 is 2.15 bits per heavy atom. The summed E-state index contributed by atoms with van der Waals surface area (Å²) >= 11 is 0. The van der Waals surface area contributed by atoms with Crippen molar-refractivity contribution in [2.45, 2.75) is 12.8 Å². The van der Waals surface area contributed by atoms with Gasteiger partial charge in [0.05, 0.1) is 17.0 Å². The Bertz CT molecular complexity index is 1440. The standard InChI is InChI=1S/C27H21N3O3/c31-26-23(16-19-11-13-21(14-12-19)27(32)33)29-25-22(15-18-7-3-1-4-8-18)28-24(17-30(25)26)20-9-5-2-6-10-20/h1-14,17,28H,15-16H2,(H,32,33). The zero-order valence-corrected chi connectivity index (χ0v) is 17.7. The number of hydrogen-bond acceptors (Lipinski definition) is 3. The van der Waals surface area contributed by atoms with Crippen LogP contribution in [0.15, 0.2) is 95.9 Å². The van der Waals surface area contributed by atoms with Gasteiger partial charge in [-0.15, -0.1) is 0 Å². The third-order valence-electron chi connectivity index (χ3n) is 5.63. The molecular weight excluding hydrogens is 414 g/mol. The van der Waals surface area contributed by atoms with Gasteiger partial charge in [-0.2, -0.15) is 0 Å². The Labute approximate surface area is 190 Å². The first kappa shape index (κ1) is 20.5. The largest absolute Gasteiger partial charge is 0.478 e. The topological polar surface area (TPSA) is 88.0 Å². The van der Waals surface area contributed by atoms with E-state index in [9.17, 15) is 9.59 Å². The molecular formula is C27H21N3O3. The van der Waals surface area contributed by atoms with E-state index >= 15 is 0 Å². The van der Waals surface area contributed by atoms with E-state index in [1.165, 1.54) is 0 Å². The summed E-state index contributed by atoms with van der Waals surface area (Å²) in [4.78, 5) is 32.6. The van der Waals surface area contributed by atoms with Crippen molar-refractivity contribution >= 4 is 5.97 Å². The highest BCUT2D eigenvalue weighted by Gasteiger charge is 2.20. The second kappa shape index (κ2) is 8.59. The van der Waals surface area contributed by atoms with Crippen LogP contribution < -0.4 is 5.56 Å². The number of carbonyl (C=O) groups is 1. The van der Waals surface area contributed by atoms with Crippen LogP contribution in [-0.4, -0.2) is 25.6 Å². The number of carboxylic acids is 1. The molecule has 2 N–H and O–H groups in total. The first-order valence-electron chi connectivity index (χ1n) is 10.6. The van der Waals surface area contributed by atoms with Gasteiger partial charge in [0.15, 0.2) is 5.82 Å². The van der Waals surface area contributed by atoms with Crippen LogP contribution in [0.3, 0.4) is 0 Å². The third-order valence-corrected chi connectivity index (χ3v) is 5.63. The van der Waals surface area contributed by atoms with Crippen molar-refractivity contribution in [1.29, 1.82) is 0 Å². The molecule has 0 aliphatic carbocycles. The number of fused-ring (bicyclic) bond motifs is 1. The van der Waals surface area contributed by atoms with E-state index in [1.54, 1.807) is 35.0 Å². The Morgan fingerprint density at radius 1 is 0.848 bits per heavy atom. The molecule has 3 aromatic rings. The van der Waals surface area contributed by atoms with Gasteiger partial charge in [0, 0.05) is 19.0 Å². The van der Waals surface area contributed by atoms with Crippen LogP contribution in [0.1, 0.15) is 32.9 Å². The highest BCUT2D eigenvalue weighted by molar-refractivity contribution is 5.87. The molecule has 3 aromatic carbocycles. The van der Waals surface area contributed by atoms with Crippen molar-refractivity contribution in [2.75, 3.05) is 0 Å². The maximum absolute atomic E-state index is 13.3. The number of H-pyrrole nitrogens is 1. The summed E-state index contributed by atoms with van der Waals surface area (Å²) < 4.78 is 1.61.